The molecule has 0 aliphatic rings. The van der Waals surface area contributed by atoms with Gasteiger partial charge in [-0.3, -0.25) is 0 Å². The van der Waals surface area contributed by atoms with Gasteiger partial charge in [-0.25, -0.2) is 0 Å². The molecule has 0 saturated heterocycles. The van der Waals surface area contributed by atoms with Crippen molar-refractivity contribution in [2.45, 2.75) is 6.61 Å². The van der Waals surface area contributed by atoms with Crippen LogP contribution in [0.4, 0.5) is 0 Å². The molecule has 0 aliphatic carbocycles. The molecule has 0 radical (unpaired) electrons. The topological polar surface area (TPSA) is 95.2 Å². The smallest absolute Gasteiger partial charge is 0.211 e. The highest BCUT2D eigenvalue weighted by Gasteiger charge is 2.10. The van der Waals surface area contributed by atoms with E-state index in [-0.39, 0.29) is 12.6 Å². The Morgan fingerprint density at radius 3 is 2.46 bits per heavy atom. The summed E-state index contributed by atoms with van der Waals surface area (Å²) in [6.45, 7) is 0.198. The Labute approximate surface area is 149 Å². The molecule has 0 aliphatic heterocycles. The first-order valence-corrected chi connectivity index (χ1v) is 7.62. The van der Waals surface area contributed by atoms with Crippen LogP contribution in [-0.4, -0.2) is 19.3 Å². The fraction of sp³-hybridized carbons (Fsp3) is 0.125. The van der Waals surface area contributed by atoms with Gasteiger partial charge in [-0.2, -0.15) is 5.10 Å². The van der Waals surface area contributed by atoms with E-state index in [9.17, 15) is 0 Å². The summed E-state index contributed by atoms with van der Waals surface area (Å²) in [5.41, 5.74) is 11.9. The van der Waals surface area contributed by atoms with Crippen LogP contribution in [0.1, 0.15) is 11.1 Å². The fourth-order valence-corrected chi connectivity index (χ4v) is 2.38. The van der Waals surface area contributed by atoms with Gasteiger partial charge in [-0.15, -0.1) is 5.10 Å². The summed E-state index contributed by atoms with van der Waals surface area (Å²) < 4.78 is 11.1. The van der Waals surface area contributed by atoms with E-state index in [0.717, 1.165) is 5.56 Å². The number of ether oxygens (including phenoxy) is 2. The molecule has 0 amide bonds. The van der Waals surface area contributed by atoms with Gasteiger partial charge in [0.25, 0.3) is 0 Å². The minimum Gasteiger partial charge on any atom is -0.493 e. The van der Waals surface area contributed by atoms with Crippen LogP contribution in [0.2, 0.25) is 10.0 Å². The van der Waals surface area contributed by atoms with Crippen molar-refractivity contribution in [1.82, 2.24) is 0 Å². The van der Waals surface area contributed by atoms with Gasteiger partial charge in [0.05, 0.1) is 13.3 Å². The predicted octanol–water partition coefficient (Wildman–Crippen LogP) is 3.19. The lowest BCUT2D eigenvalue weighted by Crippen LogP contribution is -2.21. The first-order chi connectivity index (χ1) is 11.5. The van der Waals surface area contributed by atoms with Gasteiger partial charge in [0, 0.05) is 15.6 Å². The SMILES string of the molecule is COc1ccc(C=NN=C(N)N)cc1OCc1c(Cl)cccc1Cl. The zero-order chi connectivity index (χ0) is 17.5. The van der Waals surface area contributed by atoms with Gasteiger partial charge >= 0.3 is 0 Å². The Morgan fingerprint density at radius 1 is 1.12 bits per heavy atom. The van der Waals surface area contributed by atoms with Crippen molar-refractivity contribution in [2.75, 3.05) is 7.11 Å². The molecule has 8 heteroatoms. The lowest BCUT2D eigenvalue weighted by molar-refractivity contribution is 0.284. The maximum atomic E-state index is 6.14. The Balaban J connectivity index is 2.22. The van der Waals surface area contributed by atoms with Crippen LogP contribution < -0.4 is 20.9 Å². The van der Waals surface area contributed by atoms with E-state index in [4.69, 9.17) is 44.1 Å². The Kier molecular flexibility index (Phi) is 6.28. The molecular weight excluding hydrogens is 351 g/mol. The molecule has 0 unspecified atom stereocenters. The van der Waals surface area contributed by atoms with Crippen molar-refractivity contribution >= 4 is 35.4 Å². The van der Waals surface area contributed by atoms with Gasteiger partial charge in [0.1, 0.15) is 6.61 Å². The summed E-state index contributed by atoms with van der Waals surface area (Å²) in [4.78, 5) is 0. The molecule has 24 heavy (non-hydrogen) atoms. The van der Waals surface area contributed by atoms with Gasteiger partial charge in [-0.1, -0.05) is 29.3 Å². The largest absolute Gasteiger partial charge is 0.493 e. The second-order valence-corrected chi connectivity index (χ2v) is 5.48. The highest BCUT2D eigenvalue weighted by atomic mass is 35.5. The highest BCUT2D eigenvalue weighted by molar-refractivity contribution is 6.35. The van der Waals surface area contributed by atoms with Crippen LogP contribution >= 0.6 is 23.2 Å². The number of nitrogens with two attached hydrogens (primary N) is 2. The molecule has 0 aromatic heterocycles. The maximum absolute atomic E-state index is 6.14. The van der Waals surface area contributed by atoms with Crippen LogP contribution in [0.15, 0.2) is 46.6 Å². The molecule has 4 N–H and O–H groups in total. The molecule has 0 heterocycles. The summed E-state index contributed by atoms with van der Waals surface area (Å²) >= 11 is 12.3. The molecular formula is C16H16Cl2N4O2. The predicted molar refractivity (Wildman–Crippen MR) is 97.2 cm³/mol. The van der Waals surface area contributed by atoms with Crippen LogP contribution in [0, 0.1) is 0 Å². The number of hydrogen-bond donors (Lipinski definition) is 2. The summed E-state index contributed by atoms with van der Waals surface area (Å²) in [5.74, 6) is 0.962. The van der Waals surface area contributed by atoms with Gasteiger partial charge in [-0.05, 0) is 35.9 Å². The van der Waals surface area contributed by atoms with Crippen LogP contribution in [0.5, 0.6) is 11.5 Å². The second kappa shape index (κ2) is 8.42. The van der Waals surface area contributed by atoms with E-state index < -0.39 is 0 Å². The fourth-order valence-electron chi connectivity index (χ4n) is 1.87. The Hall–Kier alpha value is -2.44. The quantitative estimate of drug-likeness (QED) is 0.466. The van der Waals surface area contributed by atoms with E-state index >= 15 is 0 Å². The average molecular weight is 367 g/mol. The standard InChI is InChI=1S/C16H16Cl2N4O2/c1-23-14-6-5-10(8-21-22-16(19)20)7-15(14)24-9-11-12(17)3-2-4-13(11)18/h2-8H,9H2,1H3,(H4,19,20,22). The van der Waals surface area contributed by atoms with Gasteiger partial charge in [0.15, 0.2) is 11.5 Å². The van der Waals surface area contributed by atoms with Gasteiger partial charge in [0.2, 0.25) is 5.96 Å². The first kappa shape index (κ1) is 17.9. The van der Waals surface area contributed by atoms with Crippen molar-refractivity contribution in [2.24, 2.45) is 21.7 Å². The number of benzene rings is 2. The summed E-state index contributed by atoms with van der Waals surface area (Å²) in [7, 11) is 1.55. The third-order valence-corrected chi connectivity index (χ3v) is 3.71. The second-order valence-electron chi connectivity index (χ2n) is 4.67. The number of guanidine groups is 1. The van der Waals surface area contributed by atoms with Crippen molar-refractivity contribution in [3.8, 4) is 11.5 Å². The van der Waals surface area contributed by atoms with Crippen molar-refractivity contribution < 1.29 is 9.47 Å². The normalized spacial score (nSPS) is 10.6. The first-order valence-electron chi connectivity index (χ1n) is 6.87. The Bertz CT molecular complexity index is 754. The van der Waals surface area contributed by atoms with Gasteiger partial charge < -0.3 is 20.9 Å². The number of halogens is 2. The van der Waals surface area contributed by atoms with E-state index in [0.29, 0.717) is 27.1 Å². The highest BCUT2D eigenvalue weighted by Crippen LogP contribution is 2.31. The molecule has 0 spiro atoms. The molecule has 0 fully saturated rings. The molecule has 0 atom stereocenters. The number of hydrogen-bond acceptors (Lipinski definition) is 4. The zero-order valence-electron chi connectivity index (χ0n) is 12.9. The minimum absolute atomic E-state index is 0.121. The number of rotatable bonds is 6. The lowest BCUT2D eigenvalue weighted by Gasteiger charge is -2.13. The van der Waals surface area contributed by atoms with E-state index in [1.54, 1.807) is 43.5 Å². The summed E-state index contributed by atoms with van der Waals surface area (Å²) in [6, 6.07) is 10.6. The summed E-state index contributed by atoms with van der Waals surface area (Å²) in [6.07, 6.45) is 1.49. The third-order valence-electron chi connectivity index (χ3n) is 3.00. The van der Waals surface area contributed by atoms with E-state index in [1.165, 1.54) is 6.21 Å². The molecule has 0 saturated carbocycles. The van der Waals surface area contributed by atoms with Crippen molar-refractivity contribution in [1.29, 1.82) is 0 Å². The van der Waals surface area contributed by atoms with Crippen LogP contribution in [0.25, 0.3) is 0 Å². The molecule has 126 valence electrons. The molecule has 2 aromatic carbocycles. The van der Waals surface area contributed by atoms with Crippen LogP contribution in [0.3, 0.4) is 0 Å². The zero-order valence-corrected chi connectivity index (χ0v) is 14.4. The van der Waals surface area contributed by atoms with E-state index in [2.05, 4.69) is 10.2 Å². The molecule has 6 nitrogen and oxygen atoms in total. The molecule has 0 bridgehead atoms. The average Bonchev–Trinajstić information content (AvgIpc) is 2.54. The molecule has 2 aromatic rings. The maximum Gasteiger partial charge on any atom is 0.211 e. The van der Waals surface area contributed by atoms with Crippen molar-refractivity contribution in [3.63, 3.8) is 0 Å². The monoisotopic (exact) mass is 366 g/mol. The van der Waals surface area contributed by atoms with E-state index in [1.807, 2.05) is 0 Å². The van der Waals surface area contributed by atoms with Crippen LogP contribution in [-0.2, 0) is 6.61 Å². The number of methoxy groups -OCH3 is 1. The molecule has 2 rings (SSSR count). The summed E-state index contributed by atoms with van der Waals surface area (Å²) in [5, 5.41) is 8.37. The van der Waals surface area contributed by atoms with Crippen molar-refractivity contribution in [3.05, 3.63) is 57.6 Å². The minimum atomic E-state index is -0.121. The number of nitrogens with zero attached hydrogens (tertiary/aromatic N) is 2. The Morgan fingerprint density at radius 2 is 1.83 bits per heavy atom. The third kappa shape index (κ3) is 4.78. The lowest BCUT2D eigenvalue weighted by atomic mass is 10.2.